The fourth-order valence-corrected chi connectivity index (χ4v) is 7.21. The molecule has 0 aliphatic heterocycles. The van der Waals surface area contributed by atoms with Crippen molar-refractivity contribution in [3.05, 3.63) is 124 Å². The SMILES string of the molecule is CC(C)(C)[Si](C)(C)O[C@H](CNCc1ccc2c(c1)nnn2C/C=C/c1ccc(-c2ccccc2)c(NC(=O)O)c1)c1ccc(O)c2[nH]c(=O)ccc12. The number of phenols is 1. The highest BCUT2D eigenvalue weighted by atomic mass is 28.4. The maximum absolute atomic E-state index is 12.1. The second-order valence-electron chi connectivity index (χ2n) is 14.4. The second kappa shape index (κ2) is 15.0. The number of aromatic amines is 1. The molecular weight excluding hydrogens is 673 g/mol. The predicted octanol–water partition coefficient (Wildman–Crippen LogP) is 8.30. The van der Waals surface area contributed by atoms with Crippen LogP contribution < -0.4 is 16.2 Å². The van der Waals surface area contributed by atoms with Crippen LogP contribution in [-0.2, 0) is 17.5 Å². The molecule has 0 bridgehead atoms. The molecule has 4 aromatic carbocycles. The number of H-pyrrole nitrogens is 1. The summed E-state index contributed by atoms with van der Waals surface area (Å²) in [5.74, 6) is 0.0204. The predicted molar refractivity (Wildman–Crippen MR) is 209 cm³/mol. The standard InChI is InChI=1S/C40H44N6O5Si/c1-40(2,3)52(4,5)51-36(30-16-19-35(47)38-31(30)17-20-37(48)43-38)25-41-24-27-14-18-34-33(23-27)44-45-46(34)21-9-10-26-13-15-29(28-11-7-6-8-12-28)32(22-26)42-39(49)50/h6-20,22-23,36,41-42,47H,21,24-25H2,1-5H3,(H,43,48)(H,49,50)/b10-9+/t36-/m1/s1. The number of aromatic hydroxyl groups is 1. The fourth-order valence-electron chi connectivity index (χ4n) is 5.94. The molecule has 2 heterocycles. The monoisotopic (exact) mass is 716 g/mol. The third-order valence-electron chi connectivity index (χ3n) is 9.69. The van der Waals surface area contributed by atoms with Gasteiger partial charge in [-0.1, -0.05) is 92.7 Å². The minimum atomic E-state index is -2.21. The number of aromatic nitrogens is 4. The van der Waals surface area contributed by atoms with Crippen LogP contribution in [0, 0.1) is 0 Å². The highest BCUT2D eigenvalue weighted by molar-refractivity contribution is 6.74. The second-order valence-corrected chi connectivity index (χ2v) is 19.1. The lowest BCUT2D eigenvalue weighted by atomic mass is 10.0. The molecule has 12 heteroatoms. The van der Waals surface area contributed by atoms with E-state index in [1.165, 1.54) is 6.07 Å². The summed E-state index contributed by atoms with van der Waals surface area (Å²) >= 11 is 0. The summed E-state index contributed by atoms with van der Waals surface area (Å²) in [6.45, 7) is 12.6. The fraction of sp³-hybridized carbons (Fsp3) is 0.250. The van der Waals surface area contributed by atoms with Gasteiger partial charge in [0, 0.05) is 30.1 Å². The van der Waals surface area contributed by atoms with Gasteiger partial charge in [-0.05, 0) is 70.7 Å². The number of allylic oxidation sites excluding steroid dienone is 1. The first-order valence-electron chi connectivity index (χ1n) is 17.2. The number of hydrogen-bond acceptors (Lipinski definition) is 7. The smallest absolute Gasteiger partial charge is 0.409 e. The maximum Gasteiger partial charge on any atom is 0.409 e. The number of carboxylic acid groups (broad SMARTS) is 1. The van der Waals surface area contributed by atoms with Crippen LogP contribution in [0.2, 0.25) is 18.1 Å². The molecule has 52 heavy (non-hydrogen) atoms. The van der Waals surface area contributed by atoms with Gasteiger partial charge < -0.3 is 24.9 Å². The first kappa shape index (κ1) is 36.2. The number of benzene rings is 4. The van der Waals surface area contributed by atoms with E-state index in [4.69, 9.17) is 4.43 Å². The van der Waals surface area contributed by atoms with E-state index in [1.54, 1.807) is 12.1 Å². The zero-order valence-corrected chi connectivity index (χ0v) is 31.0. The average molecular weight is 717 g/mol. The van der Waals surface area contributed by atoms with Gasteiger partial charge >= 0.3 is 6.09 Å². The highest BCUT2D eigenvalue weighted by Crippen LogP contribution is 2.41. The van der Waals surface area contributed by atoms with Crippen molar-refractivity contribution in [3.8, 4) is 16.9 Å². The Labute approximate surface area is 303 Å². The van der Waals surface area contributed by atoms with Gasteiger partial charge in [0.15, 0.2) is 8.32 Å². The van der Waals surface area contributed by atoms with Crippen LogP contribution in [0.3, 0.4) is 0 Å². The summed E-state index contributed by atoms with van der Waals surface area (Å²) in [6.07, 6.45) is 2.46. The quantitative estimate of drug-likeness (QED) is 0.0793. The minimum Gasteiger partial charge on any atom is -0.506 e. The molecule has 1 amide bonds. The van der Waals surface area contributed by atoms with Crippen molar-refractivity contribution in [1.82, 2.24) is 25.3 Å². The van der Waals surface area contributed by atoms with E-state index in [9.17, 15) is 19.8 Å². The highest BCUT2D eigenvalue weighted by Gasteiger charge is 2.39. The van der Waals surface area contributed by atoms with Crippen LogP contribution in [0.25, 0.3) is 39.1 Å². The van der Waals surface area contributed by atoms with E-state index in [0.29, 0.717) is 30.8 Å². The molecule has 5 N–H and O–H groups in total. The summed E-state index contributed by atoms with van der Waals surface area (Å²) in [5.41, 5.74) is 6.82. The normalized spacial score (nSPS) is 12.9. The Bertz CT molecular complexity index is 2310. The Morgan fingerprint density at radius 3 is 2.56 bits per heavy atom. The number of amides is 1. The van der Waals surface area contributed by atoms with Crippen molar-refractivity contribution in [2.45, 2.75) is 58.1 Å². The largest absolute Gasteiger partial charge is 0.506 e. The summed E-state index contributed by atoms with van der Waals surface area (Å²) < 4.78 is 8.76. The molecule has 0 unspecified atom stereocenters. The number of anilines is 1. The number of fused-ring (bicyclic) bond motifs is 2. The van der Waals surface area contributed by atoms with Crippen molar-refractivity contribution in [2.24, 2.45) is 0 Å². The summed E-state index contributed by atoms with van der Waals surface area (Å²) in [4.78, 5) is 26.3. The van der Waals surface area contributed by atoms with Crippen molar-refractivity contribution in [2.75, 3.05) is 11.9 Å². The van der Waals surface area contributed by atoms with E-state index >= 15 is 0 Å². The molecule has 0 saturated heterocycles. The summed E-state index contributed by atoms with van der Waals surface area (Å²) in [5, 5.41) is 35.5. The van der Waals surface area contributed by atoms with Crippen LogP contribution in [-0.4, -0.2) is 51.1 Å². The van der Waals surface area contributed by atoms with Gasteiger partial charge in [-0.25, -0.2) is 9.48 Å². The third kappa shape index (κ3) is 8.15. The maximum atomic E-state index is 12.1. The Hall–Kier alpha value is -5.56. The number of phenolic OH excluding ortho intramolecular Hbond substituents is 1. The minimum absolute atomic E-state index is 0.0204. The molecule has 6 rings (SSSR count). The molecule has 1 atom stereocenters. The van der Waals surface area contributed by atoms with Crippen LogP contribution in [0.15, 0.2) is 102 Å². The molecule has 0 radical (unpaired) electrons. The number of pyridine rings is 1. The molecule has 6 aromatic rings. The van der Waals surface area contributed by atoms with Crippen LogP contribution in [0.4, 0.5) is 10.5 Å². The van der Waals surface area contributed by atoms with Gasteiger partial charge in [0.25, 0.3) is 0 Å². The van der Waals surface area contributed by atoms with Crippen molar-refractivity contribution in [3.63, 3.8) is 0 Å². The lowest BCUT2D eigenvalue weighted by Gasteiger charge is -2.39. The summed E-state index contributed by atoms with van der Waals surface area (Å²) in [6, 6.07) is 28.1. The Balaban J connectivity index is 1.15. The van der Waals surface area contributed by atoms with Crippen LogP contribution >= 0.6 is 0 Å². The number of nitrogens with zero attached hydrogens (tertiary/aromatic N) is 3. The first-order chi connectivity index (χ1) is 24.8. The van der Waals surface area contributed by atoms with E-state index in [0.717, 1.165) is 44.2 Å². The van der Waals surface area contributed by atoms with E-state index < -0.39 is 14.4 Å². The zero-order valence-electron chi connectivity index (χ0n) is 30.0. The third-order valence-corrected chi connectivity index (χ3v) is 14.2. The molecule has 11 nitrogen and oxygen atoms in total. The van der Waals surface area contributed by atoms with Gasteiger partial charge in [0.2, 0.25) is 5.56 Å². The first-order valence-corrected chi connectivity index (χ1v) is 20.1. The van der Waals surface area contributed by atoms with Gasteiger partial charge in [0.05, 0.1) is 29.4 Å². The average Bonchev–Trinajstić information content (AvgIpc) is 3.50. The number of nitrogens with one attached hydrogen (secondary N) is 3. The topological polar surface area (TPSA) is 154 Å². The summed E-state index contributed by atoms with van der Waals surface area (Å²) in [7, 11) is -2.21. The van der Waals surface area contributed by atoms with E-state index in [1.807, 2.05) is 83.6 Å². The van der Waals surface area contributed by atoms with E-state index in [-0.39, 0.29) is 22.5 Å². The molecule has 0 aliphatic carbocycles. The lowest BCUT2D eigenvalue weighted by Crippen LogP contribution is -2.43. The van der Waals surface area contributed by atoms with Gasteiger partial charge in [-0.15, -0.1) is 5.10 Å². The Morgan fingerprint density at radius 2 is 1.81 bits per heavy atom. The van der Waals surface area contributed by atoms with Gasteiger partial charge in [-0.2, -0.15) is 0 Å². The molecule has 2 aromatic heterocycles. The lowest BCUT2D eigenvalue weighted by molar-refractivity contribution is 0.181. The van der Waals surface area contributed by atoms with Crippen molar-refractivity contribution in [1.29, 1.82) is 0 Å². The molecule has 0 fully saturated rings. The number of rotatable bonds is 12. The molecule has 0 aliphatic rings. The van der Waals surface area contributed by atoms with Crippen molar-refractivity contribution < 1.29 is 19.4 Å². The van der Waals surface area contributed by atoms with Gasteiger partial charge in [-0.3, -0.25) is 10.1 Å². The van der Waals surface area contributed by atoms with Crippen molar-refractivity contribution >= 4 is 48.1 Å². The molecule has 0 spiro atoms. The molecule has 268 valence electrons. The number of hydrogen-bond donors (Lipinski definition) is 5. The van der Waals surface area contributed by atoms with Gasteiger partial charge in [0.1, 0.15) is 11.3 Å². The zero-order chi connectivity index (χ0) is 37.0. The molecular formula is C40H44N6O5Si. The Morgan fingerprint density at radius 1 is 1.02 bits per heavy atom. The molecule has 0 saturated carbocycles. The Kier molecular flexibility index (Phi) is 10.4. The van der Waals surface area contributed by atoms with E-state index in [2.05, 4.69) is 65.9 Å². The van der Waals surface area contributed by atoms with Crippen LogP contribution in [0.1, 0.15) is 43.6 Å². The number of carbonyl (C=O) groups is 1. The van der Waals surface area contributed by atoms with Crippen LogP contribution in [0.5, 0.6) is 5.75 Å².